The Bertz CT molecular complexity index is 831. The zero-order chi connectivity index (χ0) is 20.9. The fourth-order valence-corrected chi connectivity index (χ4v) is 4.00. The fourth-order valence-electron chi connectivity index (χ4n) is 3.88. The third-order valence-electron chi connectivity index (χ3n) is 5.63. The second-order valence-corrected chi connectivity index (χ2v) is 8.63. The van der Waals surface area contributed by atoms with E-state index in [1.807, 2.05) is 30.3 Å². The van der Waals surface area contributed by atoms with E-state index < -0.39 is 6.17 Å². The van der Waals surface area contributed by atoms with E-state index in [0.717, 1.165) is 42.0 Å². The molecular formula is C23H29ClN3O2+. The van der Waals surface area contributed by atoms with Crippen LogP contribution in [0.2, 0.25) is 5.02 Å². The molecule has 1 heterocycles. The highest BCUT2D eigenvalue weighted by molar-refractivity contribution is 6.30. The molecule has 0 bridgehead atoms. The molecule has 0 aromatic heterocycles. The van der Waals surface area contributed by atoms with Gasteiger partial charge in [-0.25, -0.2) is 0 Å². The Hall–Kier alpha value is -2.37. The third-order valence-corrected chi connectivity index (χ3v) is 5.88. The number of likely N-dealkylation sites (tertiary alicyclic amines) is 1. The first-order valence-electron chi connectivity index (χ1n) is 10.1. The van der Waals surface area contributed by atoms with Gasteiger partial charge in [0.25, 0.3) is 5.91 Å². The van der Waals surface area contributed by atoms with E-state index in [9.17, 15) is 9.59 Å². The van der Waals surface area contributed by atoms with Crippen LogP contribution in [0.3, 0.4) is 0 Å². The van der Waals surface area contributed by atoms with Gasteiger partial charge in [-0.2, -0.15) is 0 Å². The van der Waals surface area contributed by atoms with Crippen LogP contribution >= 0.6 is 11.6 Å². The predicted octanol–water partition coefficient (Wildman–Crippen LogP) is 3.59. The lowest BCUT2D eigenvalue weighted by molar-refractivity contribution is -0.927. The number of rotatable bonds is 6. The van der Waals surface area contributed by atoms with Crippen LogP contribution in [0.5, 0.6) is 0 Å². The molecule has 0 aliphatic carbocycles. The number of quaternary nitrogens is 1. The van der Waals surface area contributed by atoms with Crippen molar-refractivity contribution in [1.82, 2.24) is 10.6 Å². The number of hydrogen-bond acceptors (Lipinski definition) is 2. The first-order valence-corrected chi connectivity index (χ1v) is 10.5. The molecule has 5 nitrogen and oxygen atoms in total. The summed E-state index contributed by atoms with van der Waals surface area (Å²) in [7, 11) is 2.24. The monoisotopic (exact) mass is 414 g/mol. The van der Waals surface area contributed by atoms with Crippen LogP contribution in [0.4, 0.5) is 0 Å². The Labute approximate surface area is 177 Å². The molecule has 2 aromatic carbocycles. The van der Waals surface area contributed by atoms with E-state index in [0.29, 0.717) is 5.56 Å². The SMILES string of the molecule is CC(NC(=O)c1ccccc1)NC(=O)C1CC[N+](C)(Cc2ccc(Cl)cc2)CC1. The molecule has 6 heteroatoms. The van der Waals surface area contributed by atoms with Gasteiger partial charge in [-0.1, -0.05) is 41.9 Å². The van der Waals surface area contributed by atoms with Crippen LogP contribution in [0.1, 0.15) is 35.7 Å². The van der Waals surface area contributed by atoms with Crippen LogP contribution in [-0.4, -0.2) is 42.6 Å². The number of nitrogens with one attached hydrogen (secondary N) is 2. The van der Waals surface area contributed by atoms with Crippen molar-refractivity contribution in [3.63, 3.8) is 0 Å². The summed E-state index contributed by atoms with van der Waals surface area (Å²) in [6.45, 7) is 4.63. The Morgan fingerprint density at radius 2 is 1.66 bits per heavy atom. The number of amides is 2. The Morgan fingerprint density at radius 1 is 1.03 bits per heavy atom. The standard InChI is InChI=1S/C23H28ClN3O2/c1-17(25-22(28)19-6-4-3-5-7-19)26-23(29)20-12-14-27(2,15-13-20)16-18-8-10-21(24)11-9-18/h3-11,17,20H,12-16H2,1-2H3,(H-,25,26,28,29)/p+1. The van der Waals surface area contributed by atoms with Gasteiger partial charge in [0.2, 0.25) is 5.91 Å². The van der Waals surface area contributed by atoms with Crippen LogP contribution in [0, 0.1) is 5.92 Å². The van der Waals surface area contributed by atoms with Gasteiger partial charge in [-0.3, -0.25) is 9.59 Å². The summed E-state index contributed by atoms with van der Waals surface area (Å²) in [5.74, 6) is -0.180. The van der Waals surface area contributed by atoms with Gasteiger partial charge < -0.3 is 15.1 Å². The molecule has 2 N–H and O–H groups in total. The molecule has 1 fully saturated rings. The number of halogens is 1. The van der Waals surface area contributed by atoms with Crippen molar-refractivity contribution < 1.29 is 14.1 Å². The summed E-state index contributed by atoms with van der Waals surface area (Å²) in [4.78, 5) is 24.9. The smallest absolute Gasteiger partial charge is 0.252 e. The van der Waals surface area contributed by atoms with Crippen LogP contribution < -0.4 is 10.6 Å². The summed E-state index contributed by atoms with van der Waals surface area (Å²) in [5, 5.41) is 6.53. The first-order chi connectivity index (χ1) is 13.8. The maximum absolute atomic E-state index is 12.6. The largest absolute Gasteiger partial charge is 0.336 e. The van der Waals surface area contributed by atoms with Crippen LogP contribution in [-0.2, 0) is 11.3 Å². The average Bonchev–Trinajstić information content (AvgIpc) is 2.70. The van der Waals surface area contributed by atoms with Crippen molar-refractivity contribution in [3.8, 4) is 0 Å². The average molecular weight is 415 g/mol. The lowest BCUT2D eigenvalue weighted by atomic mass is 9.93. The van der Waals surface area contributed by atoms with E-state index in [-0.39, 0.29) is 17.7 Å². The molecule has 2 aromatic rings. The minimum absolute atomic E-state index is 0.0116. The zero-order valence-electron chi connectivity index (χ0n) is 17.0. The van der Waals surface area contributed by atoms with E-state index in [2.05, 4.69) is 29.8 Å². The van der Waals surface area contributed by atoms with Crippen LogP contribution in [0.15, 0.2) is 54.6 Å². The molecule has 0 saturated carbocycles. The lowest BCUT2D eigenvalue weighted by Crippen LogP contribution is -2.53. The molecule has 0 radical (unpaired) electrons. The highest BCUT2D eigenvalue weighted by atomic mass is 35.5. The molecule has 1 aliphatic rings. The van der Waals surface area contributed by atoms with Gasteiger partial charge in [0.15, 0.2) is 0 Å². The van der Waals surface area contributed by atoms with Gasteiger partial charge in [0, 0.05) is 34.9 Å². The van der Waals surface area contributed by atoms with Gasteiger partial charge >= 0.3 is 0 Å². The van der Waals surface area contributed by atoms with E-state index in [1.165, 1.54) is 5.56 Å². The van der Waals surface area contributed by atoms with E-state index in [1.54, 1.807) is 19.1 Å². The van der Waals surface area contributed by atoms with Crippen molar-refractivity contribution in [1.29, 1.82) is 0 Å². The van der Waals surface area contributed by atoms with Crippen LogP contribution in [0.25, 0.3) is 0 Å². The minimum atomic E-state index is -0.410. The van der Waals surface area contributed by atoms with Crippen molar-refractivity contribution in [3.05, 3.63) is 70.7 Å². The molecule has 3 rings (SSSR count). The van der Waals surface area contributed by atoms with Crippen molar-refractivity contribution in [2.24, 2.45) is 5.92 Å². The molecule has 0 spiro atoms. The van der Waals surface area contributed by atoms with Gasteiger partial charge in [0.05, 0.1) is 26.3 Å². The molecule has 1 unspecified atom stereocenters. The highest BCUT2D eigenvalue weighted by Crippen LogP contribution is 2.25. The second-order valence-electron chi connectivity index (χ2n) is 8.20. The number of benzene rings is 2. The molecule has 2 amide bonds. The van der Waals surface area contributed by atoms with Gasteiger partial charge in [-0.05, 0) is 31.2 Å². The van der Waals surface area contributed by atoms with Crippen molar-refractivity contribution in [2.45, 2.75) is 32.5 Å². The second kappa shape index (κ2) is 9.42. The first kappa shape index (κ1) is 21.3. The topological polar surface area (TPSA) is 58.2 Å². The number of nitrogens with zero attached hydrogens (tertiary/aromatic N) is 1. The molecule has 154 valence electrons. The normalized spacial score (nSPS) is 22.5. The molecule has 1 saturated heterocycles. The van der Waals surface area contributed by atoms with E-state index in [4.69, 9.17) is 11.6 Å². The number of piperidine rings is 1. The Balaban J connectivity index is 1.46. The fraction of sp³-hybridized carbons (Fsp3) is 0.391. The summed E-state index contributed by atoms with van der Waals surface area (Å²) in [6, 6.07) is 17.0. The molecule has 1 aliphatic heterocycles. The molecule has 29 heavy (non-hydrogen) atoms. The summed E-state index contributed by atoms with van der Waals surface area (Å²) in [6.07, 6.45) is 1.27. The lowest BCUT2D eigenvalue weighted by Gasteiger charge is -2.40. The number of carbonyl (C=O) groups excluding carboxylic acids is 2. The van der Waals surface area contributed by atoms with Gasteiger partial charge in [0.1, 0.15) is 6.54 Å². The number of carbonyl (C=O) groups is 2. The Kier molecular flexibility index (Phi) is 6.93. The maximum atomic E-state index is 12.6. The molecular weight excluding hydrogens is 386 g/mol. The quantitative estimate of drug-likeness (QED) is 0.560. The number of hydrogen-bond donors (Lipinski definition) is 2. The Morgan fingerprint density at radius 3 is 2.28 bits per heavy atom. The zero-order valence-corrected chi connectivity index (χ0v) is 17.8. The predicted molar refractivity (Wildman–Crippen MR) is 115 cm³/mol. The van der Waals surface area contributed by atoms with Crippen molar-refractivity contribution >= 4 is 23.4 Å². The summed E-state index contributed by atoms with van der Waals surface area (Å²) in [5.41, 5.74) is 1.85. The minimum Gasteiger partial charge on any atom is -0.336 e. The van der Waals surface area contributed by atoms with Crippen molar-refractivity contribution in [2.75, 3.05) is 20.1 Å². The third kappa shape index (κ3) is 6.05. The molecule has 1 atom stereocenters. The summed E-state index contributed by atoms with van der Waals surface area (Å²) >= 11 is 5.98. The summed E-state index contributed by atoms with van der Waals surface area (Å²) < 4.78 is 0.922. The van der Waals surface area contributed by atoms with E-state index >= 15 is 0 Å². The van der Waals surface area contributed by atoms with Gasteiger partial charge in [-0.15, -0.1) is 0 Å². The maximum Gasteiger partial charge on any atom is 0.252 e. The highest BCUT2D eigenvalue weighted by Gasteiger charge is 2.34.